The van der Waals surface area contributed by atoms with E-state index in [4.69, 9.17) is 4.74 Å². The minimum absolute atomic E-state index is 0.0461. The van der Waals surface area contributed by atoms with Crippen LogP contribution in [0.1, 0.15) is 28.7 Å². The lowest BCUT2D eigenvalue weighted by Gasteiger charge is -2.27. The third-order valence-corrected chi connectivity index (χ3v) is 4.78. The Morgan fingerprint density at radius 1 is 1.20 bits per heavy atom. The number of carbonyl (C=O) groups excluding carboxylic acids is 1. The zero-order valence-corrected chi connectivity index (χ0v) is 14.6. The zero-order chi connectivity index (χ0) is 17.4. The fourth-order valence-corrected chi connectivity index (χ4v) is 3.57. The van der Waals surface area contributed by atoms with E-state index in [0.717, 1.165) is 17.8 Å². The molecule has 0 N–H and O–H groups in total. The maximum absolute atomic E-state index is 12.8. The molecule has 0 aliphatic carbocycles. The van der Waals surface area contributed by atoms with Crippen LogP contribution in [0.3, 0.4) is 0 Å². The van der Waals surface area contributed by atoms with Crippen molar-refractivity contribution in [2.45, 2.75) is 26.3 Å². The van der Waals surface area contributed by atoms with Crippen LogP contribution in [0.25, 0.3) is 0 Å². The highest BCUT2D eigenvalue weighted by atomic mass is 16.5. The van der Waals surface area contributed by atoms with Gasteiger partial charge in [0.2, 0.25) is 5.95 Å². The van der Waals surface area contributed by atoms with Gasteiger partial charge in [-0.25, -0.2) is 9.97 Å². The van der Waals surface area contributed by atoms with Crippen molar-refractivity contribution < 1.29 is 9.53 Å². The second-order valence-electron chi connectivity index (χ2n) is 6.65. The van der Waals surface area contributed by atoms with Gasteiger partial charge in [-0.1, -0.05) is 18.2 Å². The fraction of sp³-hybridized carbons (Fsp3) is 0.421. The molecule has 3 heterocycles. The number of hydrogen-bond donors (Lipinski definition) is 0. The van der Waals surface area contributed by atoms with E-state index in [9.17, 15) is 4.79 Å². The molecule has 130 valence electrons. The molecule has 4 rings (SSSR count). The first-order chi connectivity index (χ1) is 12.1. The average Bonchev–Trinajstić information content (AvgIpc) is 2.97. The van der Waals surface area contributed by atoms with Gasteiger partial charge in [-0.05, 0) is 38.0 Å². The number of aryl methyl sites for hydroxylation is 1. The van der Waals surface area contributed by atoms with E-state index in [1.54, 1.807) is 11.0 Å². The summed E-state index contributed by atoms with van der Waals surface area (Å²) in [5.74, 6) is 0.559. The number of nitrogens with zero attached hydrogens (tertiary/aromatic N) is 4. The van der Waals surface area contributed by atoms with Gasteiger partial charge in [0.05, 0.1) is 13.2 Å². The number of morpholine rings is 1. The molecule has 1 atom stereocenters. The van der Waals surface area contributed by atoms with Crippen molar-refractivity contribution in [1.82, 2.24) is 14.9 Å². The molecule has 0 spiro atoms. The van der Waals surface area contributed by atoms with Crippen molar-refractivity contribution in [3.63, 3.8) is 0 Å². The molecule has 1 unspecified atom stereocenters. The standard InChI is InChI=1S/C19H22N4O2/c1-13-11-16(18(24)22-7-9-25-10-8-22)21-19(20-13)23-14(2)12-15-5-3-4-6-17(15)23/h3-6,11,14H,7-10,12H2,1-2H3. The molecule has 0 saturated carbocycles. The molecule has 2 aliphatic rings. The molecular weight excluding hydrogens is 316 g/mol. The minimum atomic E-state index is -0.0461. The fourth-order valence-electron chi connectivity index (χ4n) is 3.57. The summed E-state index contributed by atoms with van der Waals surface area (Å²) in [6, 6.07) is 10.4. The summed E-state index contributed by atoms with van der Waals surface area (Å²) in [5.41, 5.74) is 3.69. The monoisotopic (exact) mass is 338 g/mol. The van der Waals surface area contributed by atoms with Crippen molar-refractivity contribution in [3.05, 3.63) is 47.3 Å². The molecule has 0 radical (unpaired) electrons. The van der Waals surface area contributed by atoms with Gasteiger partial charge < -0.3 is 14.5 Å². The number of benzene rings is 1. The normalized spacial score (nSPS) is 19.8. The molecule has 1 aromatic heterocycles. The van der Waals surface area contributed by atoms with Gasteiger partial charge in [0.25, 0.3) is 5.91 Å². The largest absolute Gasteiger partial charge is 0.378 e. The lowest BCUT2D eigenvalue weighted by molar-refractivity contribution is 0.0299. The van der Waals surface area contributed by atoms with Crippen molar-refractivity contribution in [2.24, 2.45) is 0 Å². The first kappa shape index (κ1) is 16.0. The molecule has 2 aromatic rings. The van der Waals surface area contributed by atoms with Crippen LogP contribution in [-0.4, -0.2) is 53.1 Å². The summed E-state index contributed by atoms with van der Waals surface area (Å²) >= 11 is 0. The molecule has 2 aliphatic heterocycles. The topological polar surface area (TPSA) is 58.6 Å². The van der Waals surface area contributed by atoms with Crippen LogP contribution < -0.4 is 4.90 Å². The number of para-hydroxylation sites is 1. The van der Waals surface area contributed by atoms with Crippen LogP contribution in [0.5, 0.6) is 0 Å². The maximum Gasteiger partial charge on any atom is 0.272 e. The Balaban J connectivity index is 1.69. The van der Waals surface area contributed by atoms with Crippen molar-refractivity contribution in [3.8, 4) is 0 Å². The Labute approximate surface area is 147 Å². The van der Waals surface area contributed by atoms with E-state index in [2.05, 4.69) is 40.0 Å². The minimum Gasteiger partial charge on any atom is -0.378 e. The van der Waals surface area contributed by atoms with Gasteiger partial charge in [0.15, 0.2) is 0 Å². The number of fused-ring (bicyclic) bond motifs is 1. The third kappa shape index (κ3) is 2.98. The van der Waals surface area contributed by atoms with Crippen LogP contribution in [0.15, 0.2) is 30.3 Å². The molecule has 0 bridgehead atoms. The Bertz CT molecular complexity index is 802. The van der Waals surface area contributed by atoms with Crippen molar-refractivity contribution in [1.29, 1.82) is 0 Å². The highest BCUT2D eigenvalue weighted by Gasteiger charge is 2.30. The summed E-state index contributed by atoms with van der Waals surface area (Å²) in [6.07, 6.45) is 0.959. The predicted molar refractivity (Wildman–Crippen MR) is 95.2 cm³/mol. The van der Waals surface area contributed by atoms with Crippen molar-refractivity contribution in [2.75, 3.05) is 31.2 Å². The van der Waals surface area contributed by atoms with Gasteiger partial charge in [-0.3, -0.25) is 4.79 Å². The zero-order valence-electron chi connectivity index (χ0n) is 14.6. The van der Waals surface area contributed by atoms with E-state index in [-0.39, 0.29) is 11.9 Å². The number of carbonyl (C=O) groups is 1. The first-order valence-electron chi connectivity index (χ1n) is 8.73. The molecule has 6 heteroatoms. The van der Waals surface area contributed by atoms with E-state index in [1.807, 2.05) is 13.0 Å². The molecular formula is C19H22N4O2. The second kappa shape index (κ2) is 6.44. The molecule has 6 nitrogen and oxygen atoms in total. The highest BCUT2D eigenvalue weighted by molar-refractivity contribution is 5.93. The Morgan fingerprint density at radius 3 is 2.76 bits per heavy atom. The summed E-state index contributed by atoms with van der Waals surface area (Å²) in [4.78, 5) is 26.0. The van der Waals surface area contributed by atoms with Crippen LogP contribution >= 0.6 is 0 Å². The summed E-state index contributed by atoms with van der Waals surface area (Å²) < 4.78 is 5.33. The number of aromatic nitrogens is 2. The SMILES string of the molecule is Cc1cc(C(=O)N2CCOCC2)nc(N2c3ccccc3CC2C)n1. The Kier molecular flexibility index (Phi) is 4.13. The first-order valence-corrected chi connectivity index (χ1v) is 8.73. The van der Waals surface area contributed by atoms with Crippen LogP contribution in [-0.2, 0) is 11.2 Å². The van der Waals surface area contributed by atoms with Crippen LogP contribution in [0.2, 0.25) is 0 Å². The third-order valence-electron chi connectivity index (χ3n) is 4.78. The van der Waals surface area contributed by atoms with E-state index < -0.39 is 0 Å². The Morgan fingerprint density at radius 2 is 1.96 bits per heavy atom. The maximum atomic E-state index is 12.8. The van der Waals surface area contributed by atoms with Crippen LogP contribution in [0.4, 0.5) is 11.6 Å². The lowest BCUT2D eigenvalue weighted by atomic mass is 10.1. The van der Waals surface area contributed by atoms with Crippen LogP contribution in [0, 0.1) is 6.92 Å². The molecule has 1 fully saturated rings. The summed E-state index contributed by atoms with van der Waals surface area (Å²) in [7, 11) is 0. The van der Waals surface area contributed by atoms with E-state index >= 15 is 0 Å². The van der Waals surface area contributed by atoms with E-state index in [0.29, 0.717) is 37.9 Å². The van der Waals surface area contributed by atoms with Gasteiger partial charge in [-0.2, -0.15) is 0 Å². The summed E-state index contributed by atoms with van der Waals surface area (Å²) in [6.45, 7) is 6.46. The second-order valence-corrected chi connectivity index (χ2v) is 6.65. The molecule has 1 saturated heterocycles. The lowest BCUT2D eigenvalue weighted by Crippen LogP contribution is -2.41. The van der Waals surface area contributed by atoms with Gasteiger partial charge >= 0.3 is 0 Å². The Hall–Kier alpha value is -2.47. The van der Waals surface area contributed by atoms with E-state index in [1.165, 1.54) is 5.56 Å². The number of ether oxygens (including phenoxy) is 1. The van der Waals surface area contributed by atoms with Gasteiger partial charge in [0, 0.05) is 30.5 Å². The number of amides is 1. The number of rotatable bonds is 2. The highest BCUT2D eigenvalue weighted by Crippen LogP contribution is 2.36. The van der Waals surface area contributed by atoms with Gasteiger partial charge in [-0.15, -0.1) is 0 Å². The molecule has 1 amide bonds. The van der Waals surface area contributed by atoms with Crippen molar-refractivity contribution >= 4 is 17.5 Å². The molecule has 1 aromatic carbocycles. The summed E-state index contributed by atoms with van der Waals surface area (Å²) in [5, 5.41) is 0. The molecule has 25 heavy (non-hydrogen) atoms. The number of anilines is 2. The predicted octanol–water partition coefficient (Wildman–Crippen LogP) is 2.34. The van der Waals surface area contributed by atoms with Gasteiger partial charge in [0.1, 0.15) is 5.69 Å². The quantitative estimate of drug-likeness (QED) is 0.841. The smallest absolute Gasteiger partial charge is 0.272 e. The average molecular weight is 338 g/mol. The number of hydrogen-bond acceptors (Lipinski definition) is 5.